The molecule has 5 atom stereocenters. The van der Waals surface area contributed by atoms with Gasteiger partial charge in [-0.1, -0.05) is 42.4 Å². The monoisotopic (exact) mass is 408 g/mol. The molecule has 2 bridgehead atoms. The van der Waals surface area contributed by atoms with Crippen LogP contribution in [-0.2, 0) is 4.74 Å². The van der Waals surface area contributed by atoms with Gasteiger partial charge in [-0.05, 0) is 47.3 Å². The smallest absolute Gasteiger partial charge is 0.147 e. The van der Waals surface area contributed by atoms with Crippen molar-refractivity contribution in [1.29, 1.82) is 0 Å². The highest BCUT2D eigenvalue weighted by Gasteiger charge is 2.72. The van der Waals surface area contributed by atoms with Gasteiger partial charge in [0.1, 0.15) is 4.51 Å². The van der Waals surface area contributed by atoms with Gasteiger partial charge in [0, 0.05) is 15.7 Å². The number of halogens is 3. The van der Waals surface area contributed by atoms with E-state index in [1.54, 1.807) is 0 Å². The second-order valence-corrected chi connectivity index (χ2v) is 10.0. The molecule has 2 fully saturated rings. The lowest BCUT2D eigenvalue weighted by Gasteiger charge is -2.54. The van der Waals surface area contributed by atoms with Gasteiger partial charge < -0.3 is 4.74 Å². The Bertz CT molecular complexity index is 485. The molecule has 3 rings (SSSR count). The molecule has 19 heavy (non-hydrogen) atoms. The van der Waals surface area contributed by atoms with Crippen molar-refractivity contribution in [3.8, 4) is 0 Å². The van der Waals surface area contributed by atoms with Crippen LogP contribution in [0.2, 0.25) is 0 Å². The average molecular weight is 411 g/mol. The van der Waals surface area contributed by atoms with Crippen LogP contribution in [-0.4, -0.2) is 20.3 Å². The number of hydrogen-bond donors (Lipinski definition) is 0. The lowest BCUT2D eigenvalue weighted by molar-refractivity contribution is 0.00251. The zero-order valence-corrected chi connectivity index (χ0v) is 15.4. The molecule has 106 valence electrons. The van der Waals surface area contributed by atoms with E-state index in [2.05, 4.69) is 71.4 Å². The Morgan fingerprint density at radius 3 is 2.63 bits per heavy atom. The third-order valence-corrected chi connectivity index (χ3v) is 9.10. The van der Waals surface area contributed by atoms with Crippen molar-refractivity contribution >= 4 is 43.5 Å². The molecule has 2 aliphatic carbocycles. The van der Waals surface area contributed by atoms with Gasteiger partial charge in [0.15, 0.2) is 0 Å². The summed E-state index contributed by atoms with van der Waals surface area (Å²) in [6, 6.07) is 0. The summed E-state index contributed by atoms with van der Waals surface area (Å²) in [5.41, 5.74) is 1.08. The molecule has 0 N–H and O–H groups in total. The van der Waals surface area contributed by atoms with E-state index in [-0.39, 0.29) is 26.6 Å². The number of fused-ring (bicyclic) bond motifs is 1. The topological polar surface area (TPSA) is 9.23 Å². The predicted molar refractivity (Wildman–Crippen MR) is 87.2 cm³/mol. The maximum absolute atomic E-state index is 6.67. The summed E-state index contributed by atoms with van der Waals surface area (Å²) in [5.74, 6) is 0. The van der Waals surface area contributed by atoms with Gasteiger partial charge in [-0.3, -0.25) is 0 Å². The normalized spacial score (nSPS) is 55.2. The average Bonchev–Trinajstić information content (AvgIpc) is 2.38. The third kappa shape index (κ3) is 1.56. The summed E-state index contributed by atoms with van der Waals surface area (Å²) in [6.45, 7) is 11.0. The quantitative estimate of drug-likeness (QED) is 0.501. The summed E-state index contributed by atoms with van der Waals surface area (Å²) in [5, 5.41) is 0. The fourth-order valence-corrected chi connectivity index (χ4v) is 5.72. The van der Waals surface area contributed by atoms with E-state index in [9.17, 15) is 0 Å². The zero-order chi connectivity index (χ0) is 14.3. The first-order chi connectivity index (χ1) is 8.57. The Morgan fingerprint density at radius 1 is 1.37 bits per heavy atom. The highest BCUT2D eigenvalue weighted by Crippen LogP contribution is 2.72. The second-order valence-electron chi connectivity index (χ2n) is 6.86. The first-order valence-electron chi connectivity index (χ1n) is 6.65. The molecule has 0 aromatic carbocycles. The van der Waals surface area contributed by atoms with Gasteiger partial charge in [0.25, 0.3) is 0 Å². The molecule has 0 unspecified atom stereocenters. The van der Waals surface area contributed by atoms with E-state index < -0.39 is 4.51 Å². The largest absolute Gasteiger partial charge is 0.355 e. The van der Waals surface area contributed by atoms with Gasteiger partial charge in [0.2, 0.25) is 0 Å². The van der Waals surface area contributed by atoms with E-state index in [1.165, 1.54) is 5.57 Å². The van der Waals surface area contributed by atoms with Crippen LogP contribution in [0.25, 0.3) is 0 Å². The Hall–Kier alpha value is 0.690. The number of alkyl halides is 3. The Kier molecular flexibility index (Phi) is 3.01. The zero-order valence-electron chi connectivity index (χ0n) is 11.5. The molecule has 4 heteroatoms. The molecule has 3 aliphatic rings. The van der Waals surface area contributed by atoms with Crippen LogP contribution in [0.5, 0.6) is 0 Å². The van der Waals surface area contributed by atoms with Crippen molar-refractivity contribution in [2.24, 2.45) is 10.8 Å². The fraction of sp³-hybridized carbons (Fsp3) is 0.733. The number of rotatable bonds is 0. The minimum atomic E-state index is -0.407. The summed E-state index contributed by atoms with van der Waals surface area (Å²) in [4.78, 5) is -0.00785. The Balaban J connectivity index is 2.17. The van der Waals surface area contributed by atoms with E-state index in [0.717, 1.165) is 12.8 Å². The van der Waals surface area contributed by atoms with E-state index in [4.69, 9.17) is 16.3 Å². The van der Waals surface area contributed by atoms with Crippen LogP contribution in [0.15, 0.2) is 24.3 Å². The van der Waals surface area contributed by atoms with Crippen molar-refractivity contribution in [2.45, 2.75) is 53.9 Å². The van der Waals surface area contributed by atoms with Crippen molar-refractivity contribution < 1.29 is 4.74 Å². The van der Waals surface area contributed by atoms with Gasteiger partial charge >= 0.3 is 0 Å². The molecule has 1 saturated heterocycles. The lowest BCUT2D eigenvalue weighted by atomic mass is 9.51. The Morgan fingerprint density at radius 2 is 2.00 bits per heavy atom. The first kappa shape index (κ1) is 14.6. The lowest BCUT2D eigenvalue weighted by Crippen LogP contribution is -2.56. The van der Waals surface area contributed by atoms with Crippen molar-refractivity contribution in [2.75, 3.05) is 0 Å². The first-order valence-corrected chi connectivity index (χ1v) is 8.74. The van der Waals surface area contributed by atoms with E-state index in [0.29, 0.717) is 0 Å². The minimum Gasteiger partial charge on any atom is -0.355 e. The molecule has 0 radical (unpaired) electrons. The highest BCUT2D eigenvalue weighted by atomic mass is 79.9. The van der Waals surface area contributed by atoms with Crippen molar-refractivity contribution in [3.05, 3.63) is 24.3 Å². The van der Waals surface area contributed by atoms with Gasteiger partial charge in [0.05, 0.1) is 11.0 Å². The molecule has 1 aliphatic heterocycles. The van der Waals surface area contributed by atoms with Crippen molar-refractivity contribution in [1.82, 2.24) is 0 Å². The molecular formula is C15H19Br2ClO. The van der Waals surface area contributed by atoms with Gasteiger partial charge in [-0.15, -0.1) is 11.6 Å². The van der Waals surface area contributed by atoms with Crippen LogP contribution >= 0.6 is 43.5 Å². The number of ether oxygens (including phenoxy) is 1. The maximum atomic E-state index is 6.67. The van der Waals surface area contributed by atoms with E-state index >= 15 is 0 Å². The number of allylic oxidation sites excluding steroid dienone is 1. The van der Waals surface area contributed by atoms with Gasteiger partial charge in [-0.2, -0.15) is 0 Å². The van der Waals surface area contributed by atoms with Crippen molar-refractivity contribution in [3.63, 3.8) is 0 Å². The predicted octanol–water partition coefficient (Wildman–Crippen LogP) is 5.17. The molecule has 1 saturated carbocycles. The molecule has 1 spiro atoms. The molecular weight excluding hydrogens is 391 g/mol. The maximum Gasteiger partial charge on any atom is 0.147 e. The van der Waals surface area contributed by atoms with Crippen LogP contribution in [0.3, 0.4) is 0 Å². The Labute approximate surface area is 137 Å². The SMILES string of the molecule is C=C1C=C[C@@]2(Br)O[C@@H]3C[C@@](C)(Cl)[C@H](Br)C[C@@]13C2(C)C. The number of hydrogen-bond acceptors (Lipinski definition) is 1. The summed E-state index contributed by atoms with van der Waals surface area (Å²) < 4.78 is 5.99. The summed E-state index contributed by atoms with van der Waals surface area (Å²) >= 11 is 14.3. The molecule has 0 aromatic heterocycles. The molecule has 0 amide bonds. The van der Waals surface area contributed by atoms with Crippen LogP contribution in [0.1, 0.15) is 33.6 Å². The fourth-order valence-electron chi connectivity index (χ4n) is 4.09. The van der Waals surface area contributed by atoms with Crippen LogP contribution < -0.4 is 0 Å². The minimum absolute atomic E-state index is 0.0457. The van der Waals surface area contributed by atoms with Crippen LogP contribution in [0, 0.1) is 10.8 Å². The standard InChI is InChI=1S/C15H19Br2ClO/c1-9-5-6-15(17)12(2,3)14(9)7-10(16)13(4,18)8-11(14)19-15/h5-6,10-11H,1,7-8H2,2-4H3/t10-,11-,13-,14-,15-/m1/s1. The van der Waals surface area contributed by atoms with E-state index in [1.807, 2.05) is 0 Å². The molecule has 1 nitrogen and oxygen atoms in total. The summed E-state index contributed by atoms with van der Waals surface area (Å²) in [7, 11) is 0. The second kappa shape index (κ2) is 3.91. The molecule has 1 heterocycles. The third-order valence-electron chi connectivity index (χ3n) is 5.64. The summed E-state index contributed by atoms with van der Waals surface area (Å²) in [6.07, 6.45) is 6.13. The van der Waals surface area contributed by atoms with Crippen LogP contribution in [0.4, 0.5) is 0 Å². The van der Waals surface area contributed by atoms with Gasteiger partial charge in [-0.25, -0.2) is 0 Å². The molecule has 0 aromatic rings. The highest BCUT2D eigenvalue weighted by molar-refractivity contribution is 9.10.